The maximum absolute atomic E-state index is 9.18. The van der Waals surface area contributed by atoms with Gasteiger partial charge in [-0.05, 0) is 18.1 Å². The number of aliphatic hydroxyl groups is 2. The average Bonchev–Trinajstić information content (AvgIpc) is 2.29. The van der Waals surface area contributed by atoms with Gasteiger partial charge in [0.1, 0.15) is 0 Å². The molecule has 1 aromatic carbocycles. The second-order valence-corrected chi connectivity index (χ2v) is 4.91. The number of benzene rings is 1. The zero-order valence-electron chi connectivity index (χ0n) is 9.47. The highest BCUT2D eigenvalue weighted by Crippen LogP contribution is 2.19. The van der Waals surface area contributed by atoms with Gasteiger partial charge in [-0.2, -0.15) is 11.8 Å². The molecule has 0 aliphatic heterocycles. The van der Waals surface area contributed by atoms with Crippen molar-refractivity contribution in [3.63, 3.8) is 0 Å². The lowest BCUT2D eigenvalue weighted by atomic mass is 10.0. The number of rotatable bonds is 6. The molecule has 0 radical (unpaired) electrons. The summed E-state index contributed by atoms with van der Waals surface area (Å²) in [4.78, 5) is 0. The lowest BCUT2D eigenvalue weighted by Crippen LogP contribution is -2.19. The summed E-state index contributed by atoms with van der Waals surface area (Å²) in [7, 11) is 0. The molecule has 4 heteroatoms. The van der Waals surface area contributed by atoms with E-state index < -0.39 is 6.10 Å². The van der Waals surface area contributed by atoms with Crippen LogP contribution in [0.2, 0.25) is 0 Å². The fourth-order valence-corrected chi connectivity index (χ4v) is 2.42. The van der Waals surface area contributed by atoms with E-state index in [4.69, 9.17) is 10.8 Å². The van der Waals surface area contributed by atoms with Crippen LogP contribution in [0, 0.1) is 6.92 Å². The summed E-state index contributed by atoms with van der Waals surface area (Å²) in [6, 6.07) is 8.03. The first kappa shape index (κ1) is 13.5. The van der Waals surface area contributed by atoms with Gasteiger partial charge in [-0.25, -0.2) is 0 Å². The lowest BCUT2D eigenvalue weighted by molar-refractivity contribution is 0.113. The number of aliphatic hydroxyl groups excluding tert-OH is 2. The van der Waals surface area contributed by atoms with Gasteiger partial charge < -0.3 is 15.9 Å². The first-order valence-corrected chi connectivity index (χ1v) is 6.48. The largest absolute Gasteiger partial charge is 0.394 e. The Morgan fingerprint density at radius 1 is 1.31 bits per heavy atom. The molecular formula is C12H19NO2S. The second-order valence-electron chi connectivity index (χ2n) is 3.84. The molecule has 0 aromatic heterocycles. The van der Waals surface area contributed by atoms with Crippen molar-refractivity contribution < 1.29 is 10.2 Å². The van der Waals surface area contributed by atoms with Crippen LogP contribution in [0.4, 0.5) is 0 Å². The third-order valence-corrected chi connectivity index (χ3v) is 3.62. The first-order valence-electron chi connectivity index (χ1n) is 5.33. The van der Waals surface area contributed by atoms with E-state index in [1.54, 1.807) is 11.8 Å². The minimum absolute atomic E-state index is 0.0166. The van der Waals surface area contributed by atoms with Crippen molar-refractivity contribution in [2.45, 2.75) is 19.1 Å². The van der Waals surface area contributed by atoms with E-state index in [1.807, 2.05) is 31.2 Å². The summed E-state index contributed by atoms with van der Waals surface area (Å²) in [6.07, 6.45) is -0.644. The normalized spacial score (nSPS) is 14.8. The van der Waals surface area contributed by atoms with E-state index in [0.29, 0.717) is 5.75 Å². The molecule has 0 saturated heterocycles. The number of aryl methyl sites for hydroxylation is 1. The van der Waals surface area contributed by atoms with Crippen molar-refractivity contribution in [2.75, 3.05) is 18.1 Å². The summed E-state index contributed by atoms with van der Waals surface area (Å²) in [6.45, 7) is 1.86. The summed E-state index contributed by atoms with van der Waals surface area (Å²) >= 11 is 1.56. The molecule has 0 saturated carbocycles. The fraction of sp³-hybridized carbons (Fsp3) is 0.500. The monoisotopic (exact) mass is 241 g/mol. The third-order valence-electron chi connectivity index (χ3n) is 2.41. The molecule has 0 amide bonds. The lowest BCUT2D eigenvalue weighted by Gasteiger charge is -2.15. The van der Waals surface area contributed by atoms with E-state index in [9.17, 15) is 5.11 Å². The van der Waals surface area contributed by atoms with E-state index in [-0.39, 0.29) is 12.6 Å². The molecule has 2 atom stereocenters. The standard InChI is InChI=1S/C12H19NO2S/c1-9-4-2-3-5-11(9)12(13)8-16-7-10(15)6-14/h2-5,10,12,14-15H,6-8,13H2,1H3. The molecule has 2 unspecified atom stereocenters. The van der Waals surface area contributed by atoms with Crippen molar-refractivity contribution in [3.8, 4) is 0 Å². The zero-order chi connectivity index (χ0) is 12.0. The van der Waals surface area contributed by atoms with Crippen molar-refractivity contribution in [1.82, 2.24) is 0 Å². The Balaban J connectivity index is 2.41. The van der Waals surface area contributed by atoms with E-state index in [2.05, 4.69) is 0 Å². The van der Waals surface area contributed by atoms with Crippen LogP contribution in [0.25, 0.3) is 0 Å². The Morgan fingerprint density at radius 2 is 2.00 bits per heavy atom. The highest BCUT2D eigenvalue weighted by Gasteiger charge is 2.09. The first-order chi connectivity index (χ1) is 7.65. The number of thioether (sulfide) groups is 1. The number of nitrogens with two attached hydrogens (primary N) is 1. The molecule has 0 aliphatic carbocycles. The summed E-state index contributed by atoms with van der Waals surface area (Å²) in [5.41, 5.74) is 8.40. The number of hydrogen-bond donors (Lipinski definition) is 3. The molecule has 3 nitrogen and oxygen atoms in total. The Labute approximate surface area is 101 Å². The van der Waals surface area contributed by atoms with E-state index in [1.165, 1.54) is 5.56 Å². The molecule has 0 aliphatic rings. The quantitative estimate of drug-likeness (QED) is 0.697. The van der Waals surface area contributed by atoms with Crippen LogP contribution >= 0.6 is 11.8 Å². The van der Waals surface area contributed by atoms with E-state index >= 15 is 0 Å². The van der Waals surface area contributed by atoms with Crippen molar-refractivity contribution >= 4 is 11.8 Å². The fourth-order valence-electron chi connectivity index (χ4n) is 1.48. The molecular weight excluding hydrogens is 222 g/mol. The topological polar surface area (TPSA) is 66.5 Å². The van der Waals surface area contributed by atoms with Gasteiger partial charge in [0.2, 0.25) is 0 Å². The van der Waals surface area contributed by atoms with Gasteiger partial charge >= 0.3 is 0 Å². The van der Waals surface area contributed by atoms with Crippen molar-refractivity contribution in [3.05, 3.63) is 35.4 Å². The smallest absolute Gasteiger partial charge is 0.0861 e. The van der Waals surface area contributed by atoms with Crippen LogP contribution < -0.4 is 5.73 Å². The predicted molar refractivity (Wildman–Crippen MR) is 68.5 cm³/mol. The van der Waals surface area contributed by atoms with Gasteiger partial charge in [-0.15, -0.1) is 0 Å². The van der Waals surface area contributed by atoms with Gasteiger partial charge in [0.25, 0.3) is 0 Å². The van der Waals surface area contributed by atoms with Crippen LogP contribution in [0.15, 0.2) is 24.3 Å². The van der Waals surface area contributed by atoms with Crippen LogP contribution in [0.3, 0.4) is 0 Å². The molecule has 4 N–H and O–H groups in total. The maximum atomic E-state index is 9.18. The van der Waals surface area contributed by atoms with Gasteiger partial charge in [0, 0.05) is 17.5 Å². The van der Waals surface area contributed by atoms with E-state index in [0.717, 1.165) is 11.3 Å². The van der Waals surface area contributed by atoms with Crippen LogP contribution in [0.1, 0.15) is 17.2 Å². The molecule has 90 valence electrons. The van der Waals surface area contributed by atoms with Gasteiger partial charge in [-0.1, -0.05) is 24.3 Å². The summed E-state index contributed by atoms with van der Waals surface area (Å²) in [5.74, 6) is 1.28. The Bertz CT molecular complexity index is 320. The van der Waals surface area contributed by atoms with Crippen molar-refractivity contribution in [2.24, 2.45) is 5.73 Å². The Hall–Kier alpha value is -0.550. The third kappa shape index (κ3) is 4.14. The molecule has 16 heavy (non-hydrogen) atoms. The Morgan fingerprint density at radius 3 is 2.62 bits per heavy atom. The van der Waals surface area contributed by atoms with Crippen LogP contribution in [-0.2, 0) is 0 Å². The minimum Gasteiger partial charge on any atom is -0.394 e. The van der Waals surface area contributed by atoms with Gasteiger partial charge in [-0.3, -0.25) is 0 Å². The number of hydrogen-bond acceptors (Lipinski definition) is 4. The maximum Gasteiger partial charge on any atom is 0.0861 e. The highest BCUT2D eigenvalue weighted by atomic mass is 32.2. The predicted octanol–water partition coefficient (Wildman–Crippen LogP) is 1.08. The van der Waals surface area contributed by atoms with Gasteiger partial charge in [0.15, 0.2) is 0 Å². The average molecular weight is 241 g/mol. The summed E-state index contributed by atoms with van der Waals surface area (Å²) in [5, 5.41) is 17.9. The van der Waals surface area contributed by atoms with Crippen LogP contribution in [-0.4, -0.2) is 34.4 Å². The van der Waals surface area contributed by atoms with Crippen LogP contribution in [0.5, 0.6) is 0 Å². The molecule has 0 spiro atoms. The van der Waals surface area contributed by atoms with Gasteiger partial charge in [0.05, 0.1) is 12.7 Å². The van der Waals surface area contributed by atoms with Crippen molar-refractivity contribution in [1.29, 1.82) is 0 Å². The Kier molecular flexibility index (Phi) is 5.84. The molecule has 0 heterocycles. The summed E-state index contributed by atoms with van der Waals surface area (Å²) < 4.78 is 0. The SMILES string of the molecule is Cc1ccccc1C(N)CSCC(O)CO. The minimum atomic E-state index is -0.644. The highest BCUT2D eigenvalue weighted by molar-refractivity contribution is 7.99. The zero-order valence-corrected chi connectivity index (χ0v) is 10.3. The molecule has 0 fully saturated rings. The molecule has 0 bridgehead atoms. The molecule has 1 rings (SSSR count). The molecule has 1 aromatic rings. The second kappa shape index (κ2) is 6.91.